The molecule has 1 aromatic heterocycles. The zero-order valence-electron chi connectivity index (χ0n) is 16.3. The molecule has 2 rings (SSSR count). The number of carboxylic acids is 1. The Morgan fingerprint density at radius 1 is 1.31 bits per heavy atom. The Morgan fingerprint density at radius 2 is 2.03 bits per heavy atom. The van der Waals surface area contributed by atoms with E-state index in [0.717, 1.165) is 10.0 Å². The number of thioether (sulfide) groups is 1. The van der Waals surface area contributed by atoms with Gasteiger partial charge >= 0.3 is 5.97 Å². The number of carboxylic acid groups (broad SMARTS) is 1. The minimum Gasteiger partial charge on any atom is -0.493 e. The number of hydrogen-bond acceptors (Lipinski definition) is 6. The van der Waals surface area contributed by atoms with Crippen LogP contribution < -0.4 is 4.74 Å². The SMILES string of the molecule is C=C/C=C\C=C(/C)C(=O)c1ccc(OCCc2csc(SC(C)C(=O)O)n2)cc1. The molecule has 0 saturated heterocycles. The van der Waals surface area contributed by atoms with Crippen LogP contribution in [0.15, 0.2) is 70.4 Å². The van der Waals surface area contributed by atoms with Crippen molar-refractivity contribution in [1.82, 2.24) is 4.98 Å². The minimum atomic E-state index is -0.851. The standard InChI is InChI=1S/C22H23NO4S2/c1-4-5-6-7-15(2)20(24)17-8-10-19(11-9-17)27-13-12-18-14-28-22(23-18)29-16(3)21(25)26/h4-11,14,16H,1,12-13H2,2-3H3,(H,25,26)/b6-5-,15-7+. The molecule has 1 aromatic carbocycles. The lowest BCUT2D eigenvalue weighted by atomic mass is 10.0. The van der Waals surface area contributed by atoms with Crippen LogP contribution in [0.5, 0.6) is 5.75 Å². The fraction of sp³-hybridized carbons (Fsp3) is 0.227. The number of thiazole rings is 1. The molecule has 0 saturated carbocycles. The van der Waals surface area contributed by atoms with Gasteiger partial charge in [-0.15, -0.1) is 11.3 Å². The van der Waals surface area contributed by atoms with Crippen molar-refractivity contribution in [3.05, 3.63) is 77.4 Å². The van der Waals surface area contributed by atoms with Crippen LogP contribution in [-0.4, -0.2) is 33.7 Å². The summed E-state index contributed by atoms with van der Waals surface area (Å²) in [7, 11) is 0. The predicted octanol–water partition coefficient (Wildman–Crippen LogP) is 5.20. The molecule has 152 valence electrons. The highest BCUT2D eigenvalue weighted by Gasteiger charge is 2.15. The average Bonchev–Trinajstić information content (AvgIpc) is 3.15. The highest BCUT2D eigenvalue weighted by Crippen LogP contribution is 2.27. The van der Waals surface area contributed by atoms with E-state index in [-0.39, 0.29) is 5.78 Å². The number of ketones is 1. The van der Waals surface area contributed by atoms with E-state index in [2.05, 4.69) is 11.6 Å². The first-order valence-electron chi connectivity index (χ1n) is 8.98. The van der Waals surface area contributed by atoms with Crippen molar-refractivity contribution in [2.24, 2.45) is 0 Å². The Kier molecular flexibility index (Phi) is 8.89. The molecule has 1 N–H and O–H groups in total. The number of aliphatic carboxylic acids is 1. The summed E-state index contributed by atoms with van der Waals surface area (Å²) in [6.45, 7) is 7.45. The second-order valence-corrected chi connectivity index (χ2v) is 8.57. The Hall–Kier alpha value is -2.64. The smallest absolute Gasteiger partial charge is 0.316 e. The Morgan fingerprint density at radius 3 is 2.69 bits per heavy atom. The molecule has 7 heteroatoms. The number of rotatable bonds is 11. The second kappa shape index (κ2) is 11.4. The van der Waals surface area contributed by atoms with Crippen molar-refractivity contribution in [2.45, 2.75) is 29.9 Å². The Bertz CT molecular complexity index is 913. The molecule has 1 atom stereocenters. The van der Waals surface area contributed by atoms with Gasteiger partial charge in [0, 0.05) is 17.4 Å². The summed E-state index contributed by atoms with van der Waals surface area (Å²) >= 11 is 2.67. The molecular formula is C22H23NO4S2. The van der Waals surface area contributed by atoms with E-state index in [9.17, 15) is 9.59 Å². The van der Waals surface area contributed by atoms with E-state index in [1.54, 1.807) is 62.4 Å². The van der Waals surface area contributed by atoms with E-state index in [4.69, 9.17) is 9.84 Å². The van der Waals surface area contributed by atoms with Crippen LogP contribution in [0.4, 0.5) is 0 Å². The van der Waals surface area contributed by atoms with Crippen molar-refractivity contribution in [3.63, 3.8) is 0 Å². The molecule has 1 unspecified atom stereocenters. The third kappa shape index (κ3) is 7.36. The molecule has 2 aromatic rings. The minimum absolute atomic E-state index is 0.0339. The largest absolute Gasteiger partial charge is 0.493 e. The van der Waals surface area contributed by atoms with Gasteiger partial charge in [0.25, 0.3) is 0 Å². The molecule has 0 aliphatic heterocycles. The van der Waals surface area contributed by atoms with Crippen LogP contribution in [0, 0.1) is 0 Å². The molecule has 0 aliphatic rings. The van der Waals surface area contributed by atoms with Crippen LogP contribution in [-0.2, 0) is 11.2 Å². The van der Waals surface area contributed by atoms with Gasteiger partial charge in [-0.2, -0.15) is 0 Å². The number of Topliss-reactive ketones (excluding diaryl/α,β-unsaturated/α-hetero) is 1. The molecule has 0 fully saturated rings. The summed E-state index contributed by atoms with van der Waals surface area (Å²) in [5.74, 6) is -0.205. The number of ether oxygens (including phenoxy) is 1. The zero-order valence-corrected chi connectivity index (χ0v) is 18.0. The molecule has 0 bridgehead atoms. The number of allylic oxidation sites excluding steroid dienone is 5. The van der Waals surface area contributed by atoms with Crippen LogP contribution in [0.2, 0.25) is 0 Å². The van der Waals surface area contributed by atoms with Crippen LogP contribution in [0.1, 0.15) is 29.9 Å². The van der Waals surface area contributed by atoms with Gasteiger partial charge in [0.15, 0.2) is 10.1 Å². The van der Waals surface area contributed by atoms with Gasteiger partial charge in [-0.25, -0.2) is 4.98 Å². The predicted molar refractivity (Wildman–Crippen MR) is 118 cm³/mol. The zero-order chi connectivity index (χ0) is 21.2. The molecular weight excluding hydrogens is 406 g/mol. The van der Waals surface area contributed by atoms with E-state index >= 15 is 0 Å². The summed E-state index contributed by atoms with van der Waals surface area (Å²) in [6, 6.07) is 7.04. The number of carbonyl (C=O) groups is 2. The Labute approximate surface area is 178 Å². The van der Waals surface area contributed by atoms with Crippen molar-refractivity contribution >= 4 is 34.9 Å². The molecule has 0 radical (unpaired) electrons. The van der Waals surface area contributed by atoms with Crippen LogP contribution in [0.25, 0.3) is 0 Å². The first-order chi connectivity index (χ1) is 13.9. The van der Waals surface area contributed by atoms with Crippen molar-refractivity contribution in [3.8, 4) is 5.75 Å². The molecule has 0 spiro atoms. The maximum absolute atomic E-state index is 12.4. The number of nitrogens with zero attached hydrogens (tertiary/aromatic N) is 1. The summed E-state index contributed by atoms with van der Waals surface area (Å²) in [6.07, 6.45) is 7.58. The third-order valence-corrected chi connectivity index (χ3v) is 5.96. The lowest BCUT2D eigenvalue weighted by Gasteiger charge is -2.06. The molecule has 0 amide bonds. The fourth-order valence-corrected chi connectivity index (χ4v) is 4.17. The van der Waals surface area contributed by atoms with E-state index in [0.29, 0.717) is 29.9 Å². The van der Waals surface area contributed by atoms with Gasteiger partial charge in [0.2, 0.25) is 0 Å². The normalized spacial score (nSPS) is 12.7. The van der Waals surface area contributed by atoms with Gasteiger partial charge in [-0.1, -0.05) is 42.6 Å². The van der Waals surface area contributed by atoms with Crippen molar-refractivity contribution in [2.75, 3.05) is 6.61 Å². The second-order valence-electron chi connectivity index (χ2n) is 6.13. The number of carbonyl (C=O) groups excluding carboxylic acids is 1. The summed E-state index contributed by atoms with van der Waals surface area (Å²) < 4.78 is 6.47. The summed E-state index contributed by atoms with van der Waals surface area (Å²) in [5.41, 5.74) is 2.12. The first-order valence-corrected chi connectivity index (χ1v) is 10.7. The van der Waals surface area contributed by atoms with E-state index in [1.807, 2.05) is 5.38 Å². The number of benzene rings is 1. The third-order valence-electron chi connectivity index (χ3n) is 3.85. The highest BCUT2D eigenvalue weighted by molar-refractivity contribution is 8.02. The molecule has 5 nitrogen and oxygen atoms in total. The van der Waals surface area contributed by atoms with E-state index in [1.165, 1.54) is 23.1 Å². The van der Waals surface area contributed by atoms with Crippen LogP contribution >= 0.6 is 23.1 Å². The summed E-state index contributed by atoms with van der Waals surface area (Å²) in [4.78, 5) is 27.7. The number of aromatic nitrogens is 1. The lowest BCUT2D eigenvalue weighted by molar-refractivity contribution is -0.136. The fourth-order valence-electron chi connectivity index (χ4n) is 2.22. The van der Waals surface area contributed by atoms with Crippen molar-refractivity contribution < 1.29 is 19.4 Å². The first kappa shape index (κ1) is 22.6. The topological polar surface area (TPSA) is 76.5 Å². The van der Waals surface area contributed by atoms with Gasteiger partial charge in [0.1, 0.15) is 11.0 Å². The van der Waals surface area contributed by atoms with Gasteiger partial charge < -0.3 is 9.84 Å². The highest BCUT2D eigenvalue weighted by atomic mass is 32.2. The summed E-state index contributed by atoms with van der Waals surface area (Å²) in [5, 5.41) is 10.3. The number of hydrogen-bond donors (Lipinski definition) is 1. The maximum Gasteiger partial charge on any atom is 0.316 e. The van der Waals surface area contributed by atoms with Crippen molar-refractivity contribution in [1.29, 1.82) is 0 Å². The molecule has 0 aliphatic carbocycles. The van der Waals surface area contributed by atoms with Gasteiger partial charge in [-0.3, -0.25) is 9.59 Å². The van der Waals surface area contributed by atoms with Gasteiger partial charge in [0.05, 0.1) is 12.3 Å². The maximum atomic E-state index is 12.4. The van der Waals surface area contributed by atoms with Gasteiger partial charge in [-0.05, 0) is 43.7 Å². The van der Waals surface area contributed by atoms with Crippen LogP contribution in [0.3, 0.4) is 0 Å². The lowest BCUT2D eigenvalue weighted by Crippen LogP contribution is -2.10. The average molecular weight is 430 g/mol. The Balaban J connectivity index is 1.85. The molecule has 29 heavy (non-hydrogen) atoms. The quantitative estimate of drug-likeness (QED) is 0.229. The van der Waals surface area contributed by atoms with E-state index < -0.39 is 11.2 Å². The molecule has 1 heterocycles. The monoisotopic (exact) mass is 429 g/mol.